The quantitative estimate of drug-likeness (QED) is 0.779. The summed E-state index contributed by atoms with van der Waals surface area (Å²) in [7, 11) is 0. The van der Waals surface area contributed by atoms with Crippen molar-refractivity contribution < 1.29 is 14.7 Å². The van der Waals surface area contributed by atoms with Crippen molar-refractivity contribution in [3.8, 4) is 0 Å². The minimum absolute atomic E-state index is 0.220. The predicted molar refractivity (Wildman–Crippen MR) is 80.3 cm³/mol. The third kappa shape index (κ3) is 3.48. The van der Waals surface area contributed by atoms with Crippen LogP contribution in [0.4, 0.5) is 4.79 Å². The van der Waals surface area contributed by atoms with Crippen LogP contribution in [0, 0.1) is 0 Å². The van der Waals surface area contributed by atoms with Gasteiger partial charge in [0, 0.05) is 19.6 Å². The average molecular weight is 297 g/mol. The summed E-state index contributed by atoms with van der Waals surface area (Å²) in [6.45, 7) is 6.17. The second-order valence-corrected chi connectivity index (χ2v) is 6.12. The maximum atomic E-state index is 12.3. The first-order valence-corrected chi connectivity index (χ1v) is 8.11. The number of urea groups is 1. The van der Waals surface area contributed by atoms with Gasteiger partial charge in [-0.2, -0.15) is 0 Å². The number of likely N-dealkylation sites (tertiary alicyclic amines) is 2. The highest BCUT2D eigenvalue weighted by atomic mass is 16.4. The highest BCUT2D eigenvalue weighted by molar-refractivity contribution is 5.87. The van der Waals surface area contributed by atoms with Gasteiger partial charge in [0.1, 0.15) is 5.54 Å². The molecule has 2 saturated heterocycles. The van der Waals surface area contributed by atoms with E-state index in [1.807, 2.05) is 6.92 Å². The van der Waals surface area contributed by atoms with E-state index in [1.165, 1.54) is 12.8 Å². The molecule has 2 aliphatic heterocycles. The summed E-state index contributed by atoms with van der Waals surface area (Å²) < 4.78 is 0. The van der Waals surface area contributed by atoms with E-state index >= 15 is 0 Å². The van der Waals surface area contributed by atoms with Gasteiger partial charge >= 0.3 is 12.0 Å². The van der Waals surface area contributed by atoms with Crippen molar-refractivity contribution in [2.45, 2.75) is 51.0 Å². The Morgan fingerprint density at radius 3 is 2.52 bits per heavy atom. The molecular formula is C15H27N3O3. The fourth-order valence-corrected chi connectivity index (χ4v) is 3.60. The first kappa shape index (κ1) is 16.1. The van der Waals surface area contributed by atoms with Gasteiger partial charge < -0.3 is 20.2 Å². The van der Waals surface area contributed by atoms with E-state index in [0.717, 1.165) is 32.5 Å². The zero-order chi connectivity index (χ0) is 15.3. The first-order chi connectivity index (χ1) is 10.1. The van der Waals surface area contributed by atoms with E-state index in [-0.39, 0.29) is 6.03 Å². The van der Waals surface area contributed by atoms with E-state index in [2.05, 4.69) is 10.2 Å². The molecule has 0 aromatic rings. The summed E-state index contributed by atoms with van der Waals surface area (Å²) in [5.74, 6) is -0.864. The zero-order valence-electron chi connectivity index (χ0n) is 12.9. The normalized spacial score (nSPS) is 26.2. The molecule has 0 spiro atoms. The van der Waals surface area contributed by atoms with Crippen molar-refractivity contribution >= 4 is 12.0 Å². The number of amides is 2. The van der Waals surface area contributed by atoms with Crippen LogP contribution in [0.2, 0.25) is 0 Å². The summed E-state index contributed by atoms with van der Waals surface area (Å²) in [5, 5.41) is 12.5. The maximum Gasteiger partial charge on any atom is 0.329 e. The average Bonchev–Trinajstić information content (AvgIpc) is 3.08. The van der Waals surface area contributed by atoms with E-state index in [9.17, 15) is 14.7 Å². The standard InChI is InChI=1S/C15H27N3O3/c1-2-6-15(13(19)20)7-5-11-18(15)14(21)16-8-12-17-9-3-4-10-17/h2-12H2,1H3,(H,16,21)(H,19,20). The smallest absolute Gasteiger partial charge is 0.329 e. The molecule has 2 N–H and O–H groups in total. The van der Waals surface area contributed by atoms with Gasteiger partial charge in [-0.3, -0.25) is 0 Å². The van der Waals surface area contributed by atoms with Crippen LogP contribution in [0.5, 0.6) is 0 Å². The van der Waals surface area contributed by atoms with Gasteiger partial charge in [0.05, 0.1) is 0 Å². The van der Waals surface area contributed by atoms with E-state index in [4.69, 9.17) is 0 Å². The van der Waals surface area contributed by atoms with Crippen molar-refractivity contribution in [2.24, 2.45) is 0 Å². The lowest BCUT2D eigenvalue weighted by atomic mass is 9.91. The Morgan fingerprint density at radius 2 is 1.90 bits per heavy atom. The number of aliphatic carboxylic acids is 1. The van der Waals surface area contributed by atoms with Crippen LogP contribution in [-0.2, 0) is 4.79 Å². The molecule has 21 heavy (non-hydrogen) atoms. The van der Waals surface area contributed by atoms with E-state index in [0.29, 0.717) is 25.9 Å². The van der Waals surface area contributed by atoms with Crippen LogP contribution in [0.15, 0.2) is 0 Å². The third-order valence-electron chi connectivity index (χ3n) is 4.70. The van der Waals surface area contributed by atoms with Gasteiger partial charge in [0.2, 0.25) is 0 Å². The lowest BCUT2D eigenvalue weighted by molar-refractivity contribution is -0.148. The van der Waals surface area contributed by atoms with Gasteiger partial charge in [-0.25, -0.2) is 9.59 Å². The topological polar surface area (TPSA) is 72.9 Å². The molecule has 1 atom stereocenters. The van der Waals surface area contributed by atoms with Crippen molar-refractivity contribution in [3.05, 3.63) is 0 Å². The maximum absolute atomic E-state index is 12.3. The van der Waals surface area contributed by atoms with Crippen LogP contribution in [0.25, 0.3) is 0 Å². The number of nitrogens with one attached hydrogen (secondary N) is 1. The van der Waals surface area contributed by atoms with E-state index in [1.54, 1.807) is 4.90 Å². The Morgan fingerprint density at radius 1 is 1.19 bits per heavy atom. The van der Waals surface area contributed by atoms with Crippen molar-refractivity contribution in [2.75, 3.05) is 32.7 Å². The minimum atomic E-state index is -0.994. The molecule has 0 aromatic heterocycles. The monoisotopic (exact) mass is 297 g/mol. The van der Waals surface area contributed by atoms with Gasteiger partial charge in [0.25, 0.3) is 0 Å². The van der Waals surface area contributed by atoms with Crippen LogP contribution >= 0.6 is 0 Å². The molecule has 6 heteroatoms. The molecule has 2 amide bonds. The van der Waals surface area contributed by atoms with Gasteiger partial charge in [-0.05, 0) is 45.2 Å². The van der Waals surface area contributed by atoms with Gasteiger partial charge in [0.15, 0.2) is 0 Å². The van der Waals surface area contributed by atoms with Gasteiger partial charge in [-0.1, -0.05) is 13.3 Å². The Kier molecular flexibility index (Phi) is 5.45. The van der Waals surface area contributed by atoms with E-state index < -0.39 is 11.5 Å². The molecule has 2 fully saturated rings. The summed E-state index contributed by atoms with van der Waals surface area (Å²) in [4.78, 5) is 27.9. The summed E-state index contributed by atoms with van der Waals surface area (Å²) in [6, 6.07) is -0.220. The largest absolute Gasteiger partial charge is 0.479 e. The molecule has 2 rings (SSSR count). The number of hydrogen-bond donors (Lipinski definition) is 2. The molecule has 0 bridgehead atoms. The predicted octanol–water partition coefficient (Wildman–Crippen LogP) is 1.51. The summed E-state index contributed by atoms with van der Waals surface area (Å²) >= 11 is 0. The van der Waals surface area contributed by atoms with Crippen LogP contribution in [0.1, 0.15) is 45.4 Å². The Balaban J connectivity index is 1.88. The molecule has 0 aromatic carbocycles. The molecule has 0 aliphatic carbocycles. The number of nitrogens with zero attached hydrogens (tertiary/aromatic N) is 2. The molecule has 2 heterocycles. The SMILES string of the molecule is CCCC1(C(=O)O)CCCN1C(=O)NCCN1CCCC1. The Bertz CT molecular complexity index is 382. The summed E-state index contributed by atoms with van der Waals surface area (Å²) in [6.07, 6.45) is 5.10. The lowest BCUT2D eigenvalue weighted by Gasteiger charge is -2.34. The molecule has 6 nitrogen and oxygen atoms in total. The van der Waals surface area contributed by atoms with Crippen LogP contribution < -0.4 is 5.32 Å². The molecule has 1 unspecified atom stereocenters. The number of carbonyl (C=O) groups is 2. The molecule has 0 radical (unpaired) electrons. The summed E-state index contributed by atoms with van der Waals surface area (Å²) in [5.41, 5.74) is -0.994. The second-order valence-electron chi connectivity index (χ2n) is 6.12. The molecule has 120 valence electrons. The van der Waals surface area contributed by atoms with Gasteiger partial charge in [-0.15, -0.1) is 0 Å². The molecular weight excluding hydrogens is 270 g/mol. The number of carbonyl (C=O) groups excluding carboxylic acids is 1. The number of hydrogen-bond acceptors (Lipinski definition) is 3. The Labute approximate surface area is 126 Å². The van der Waals surface area contributed by atoms with Crippen LogP contribution in [-0.4, -0.2) is 65.2 Å². The van der Waals surface area contributed by atoms with Crippen LogP contribution in [0.3, 0.4) is 0 Å². The molecule has 2 aliphatic rings. The highest BCUT2D eigenvalue weighted by Gasteiger charge is 2.49. The number of rotatable bonds is 6. The highest BCUT2D eigenvalue weighted by Crippen LogP contribution is 2.33. The third-order valence-corrected chi connectivity index (χ3v) is 4.70. The number of carboxylic acids is 1. The van der Waals surface area contributed by atoms with Crippen molar-refractivity contribution in [3.63, 3.8) is 0 Å². The zero-order valence-corrected chi connectivity index (χ0v) is 12.9. The van der Waals surface area contributed by atoms with Crippen molar-refractivity contribution in [1.82, 2.24) is 15.1 Å². The molecule has 0 saturated carbocycles. The lowest BCUT2D eigenvalue weighted by Crippen LogP contribution is -2.56. The minimum Gasteiger partial charge on any atom is -0.479 e. The fraction of sp³-hybridized carbons (Fsp3) is 0.867. The van der Waals surface area contributed by atoms with Crippen molar-refractivity contribution in [1.29, 1.82) is 0 Å². The Hall–Kier alpha value is -1.30. The fourth-order valence-electron chi connectivity index (χ4n) is 3.60. The second kappa shape index (κ2) is 7.11. The first-order valence-electron chi connectivity index (χ1n) is 8.11. The number of carboxylic acid groups (broad SMARTS) is 1.